The van der Waals surface area contributed by atoms with Crippen LogP contribution >= 0.6 is 11.8 Å². The smallest absolute Gasteiger partial charge is 0.352 e. The zero-order valence-electron chi connectivity index (χ0n) is 19.8. The van der Waals surface area contributed by atoms with Crippen LogP contribution in [0.15, 0.2) is 64.3 Å². The number of rotatable bonds is 5. The van der Waals surface area contributed by atoms with E-state index in [0.717, 1.165) is 29.0 Å². The van der Waals surface area contributed by atoms with Crippen LogP contribution in [0.1, 0.15) is 47.4 Å². The fourth-order valence-electron chi connectivity index (χ4n) is 4.55. The van der Waals surface area contributed by atoms with E-state index in [1.807, 2.05) is 38.1 Å². The molecule has 36 heavy (non-hydrogen) atoms. The van der Waals surface area contributed by atoms with Crippen molar-refractivity contribution < 1.29 is 22.8 Å². The lowest BCUT2D eigenvalue weighted by molar-refractivity contribution is -0.138. The standard InChI is InChI=1S/C27H24F3N3O2S/c1-15-10-11-16(2)21(12-15)32-23(35)14-36-26-18(13-31)24(25-20(33-26)8-5-9-22(25)34)17-6-3-4-7-19(17)27(28,29)30/h3-4,6-7,10-12,24,33H,5,8-9,14H2,1-2H3,(H,32,35)/t24-/m1/s1. The topological polar surface area (TPSA) is 82.0 Å². The molecule has 0 spiro atoms. The number of halogens is 3. The molecule has 2 aromatic carbocycles. The first-order valence-electron chi connectivity index (χ1n) is 11.4. The quantitative estimate of drug-likeness (QED) is 0.505. The summed E-state index contributed by atoms with van der Waals surface area (Å²) < 4.78 is 41.7. The molecule has 4 rings (SSSR count). The highest BCUT2D eigenvalue weighted by atomic mass is 32.2. The Balaban J connectivity index is 1.69. The molecular formula is C27H24F3N3O2S. The molecule has 2 aromatic rings. The lowest BCUT2D eigenvalue weighted by Crippen LogP contribution is -2.32. The molecule has 5 nitrogen and oxygen atoms in total. The molecule has 0 fully saturated rings. The molecule has 0 saturated heterocycles. The molecule has 0 bridgehead atoms. The second-order valence-electron chi connectivity index (χ2n) is 8.82. The number of alkyl halides is 3. The number of ketones is 1. The highest BCUT2D eigenvalue weighted by molar-refractivity contribution is 8.03. The number of Topliss-reactive ketones (excluding diaryl/α,β-unsaturated/α-hetero) is 1. The zero-order chi connectivity index (χ0) is 26.0. The fourth-order valence-corrected chi connectivity index (χ4v) is 5.41. The summed E-state index contributed by atoms with van der Waals surface area (Å²) in [5.41, 5.74) is 2.27. The first-order valence-corrected chi connectivity index (χ1v) is 12.4. The van der Waals surface area contributed by atoms with Gasteiger partial charge in [0.05, 0.1) is 33.9 Å². The van der Waals surface area contributed by atoms with Crippen molar-refractivity contribution in [3.05, 3.63) is 86.6 Å². The number of allylic oxidation sites excluding steroid dienone is 3. The normalized spacial score (nSPS) is 17.9. The van der Waals surface area contributed by atoms with E-state index in [-0.39, 0.29) is 40.6 Å². The summed E-state index contributed by atoms with van der Waals surface area (Å²) in [6.45, 7) is 3.79. The summed E-state index contributed by atoms with van der Waals surface area (Å²) in [6.07, 6.45) is -3.40. The van der Waals surface area contributed by atoms with Crippen molar-refractivity contribution in [2.24, 2.45) is 0 Å². The van der Waals surface area contributed by atoms with Gasteiger partial charge in [-0.25, -0.2) is 0 Å². The highest BCUT2D eigenvalue weighted by Crippen LogP contribution is 2.47. The lowest BCUT2D eigenvalue weighted by Gasteiger charge is -2.34. The van der Waals surface area contributed by atoms with Crippen LogP contribution in [0.3, 0.4) is 0 Å². The minimum Gasteiger partial charge on any atom is -0.352 e. The Hall–Kier alpha value is -3.51. The number of nitriles is 1. The summed E-state index contributed by atoms with van der Waals surface area (Å²) in [6, 6.07) is 12.8. The Morgan fingerprint density at radius 1 is 1.19 bits per heavy atom. The molecule has 0 aromatic heterocycles. The minimum atomic E-state index is -4.65. The molecular weight excluding hydrogens is 487 g/mol. The van der Waals surface area contributed by atoms with Crippen molar-refractivity contribution in [1.29, 1.82) is 5.26 Å². The maximum Gasteiger partial charge on any atom is 0.416 e. The molecule has 1 amide bonds. The summed E-state index contributed by atoms with van der Waals surface area (Å²) in [7, 11) is 0. The molecule has 0 radical (unpaired) electrons. The molecule has 1 aliphatic heterocycles. The summed E-state index contributed by atoms with van der Waals surface area (Å²) >= 11 is 1.04. The Kier molecular flexibility index (Phi) is 7.27. The number of anilines is 1. The third-order valence-electron chi connectivity index (χ3n) is 6.25. The summed E-state index contributed by atoms with van der Waals surface area (Å²) in [4.78, 5) is 25.6. The molecule has 1 aliphatic carbocycles. The van der Waals surface area contributed by atoms with Gasteiger partial charge in [-0.15, -0.1) is 0 Å². The van der Waals surface area contributed by atoms with Gasteiger partial charge in [0.25, 0.3) is 0 Å². The number of benzene rings is 2. The number of nitrogens with zero attached hydrogens (tertiary/aromatic N) is 1. The molecule has 0 saturated carbocycles. The SMILES string of the molecule is Cc1ccc(C)c(NC(=O)CSC2=C(C#N)[C@@H](c3ccccc3C(F)(F)F)C3=C(CCCC3=O)N2)c1. The zero-order valence-corrected chi connectivity index (χ0v) is 20.6. The van der Waals surface area contributed by atoms with Gasteiger partial charge in [-0.2, -0.15) is 18.4 Å². The summed E-state index contributed by atoms with van der Waals surface area (Å²) in [5, 5.41) is 16.3. The van der Waals surface area contributed by atoms with E-state index in [9.17, 15) is 28.0 Å². The number of aryl methyl sites for hydroxylation is 2. The number of amides is 1. The maximum atomic E-state index is 13.9. The van der Waals surface area contributed by atoms with E-state index >= 15 is 0 Å². The number of dihydropyridines is 1. The predicted molar refractivity (Wildman–Crippen MR) is 133 cm³/mol. The first kappa shape index (κ1) is 25.6. The summed E-state index contributed by atoms with van der Waals surface area (Å²) in [5.74, 6) is -1.80. The van der Waals surface area contributed by atoms with E-state index in [1.165, 1.54) is 18.2 Å². The van der Waals surface area contributed by atoms with E-state index in [2.05, 4.69) is 10.6 Å². The Bertz CT molecular complexity index is 1340. The van der Waals surface area contributed by atoms with Crippen molar-refractivity contribution in [2.75, 3.05) is 11.1 Å². The van der Waals surface area contributed by atoms with Crippen LogP contribution in [0.5, 0.6) is 0 Å². The first-order chi connectivity index (χ1) is 17.1. The van der Waals surface area contributed by atoms with Gasteiger partial charge in [0.2, 0.25) is 5.91 Å². The van der Waals surface area contributed by atoms with Crippen molar-refractivity contribution in [3.8, 4) is 6.07 Å². The number of thioether (sulfide) groups is 1. The van der Waals surface area contributed by atoms with Crippen LogP contribution in [0.25, 0.3) is 0 Å². The van der Waals surface area contributed by atoms with Crippen LogP contribution in [0, 0.1) is 25.2 Å². The fraction of sp³-hybridized carbons (Fsp3) is 0.296. The second kappa shape index (κ2) is 10.2. The van der Waals surface area contributed by atoms with Gasteiger partial charge in [-0.1, -0.05) is 42.1 Å². The number of hydrogen-bond donors (Lipinski definition) is 2. The molecule has 0 unspecified atom stereocenters. The number of nitrogens with one attached hydrogen (secondary N) is 2. The Morgan fingerprint density at radius 2 is 1.94 bits per heavy atom. The van der Waals surface area contributed by atoms with E-state index < -0.39 is 17.7 Å². The van der Waals surface area contributed by atoms with Gasteiger partial charge in [-0.05, 0) is 55.5 Å². The maximum absolute atomic E-state index is 13.9. The van der Waals surface area contributed by atoms with Crippen molar-refractivity contribution >= 4 is 29.1 Å². The monoisotopic (exact) mass is 511 g/mol. The van der Waals surface area contributed by atoms with Gasteiger partial charge in [0, 0.05) is 23.4 Å². The average Bonchev–Trinajstić information content (AvgIpc) is 2.83. The van der Waals surface area contributed by atoms with Crippen molar-refractivity contribution in [2.45, 2.75) is 45.2 Å². The Labute approximate surface area is 211 Å². The lowest BCUT2D eigenvalue weighted by atomic mass is 9.75. The van der Waals surface area contributed by atoms with Crippen molar-refractivity contribution in [3.63, 3.8) is 0 Å². The average molecular weight is 512 g/mol. The van der Waals surface area contributed by atoms with Crippen LogP contribution < -0.4 is 10.6 Å². The van der Waals surface area contributed by atoms with Gasteiger partial charge in [-0.3, -0.25) is 9.59 Å². The predicted octanol–water partition coefficient (Wildman–Crippen LogP) is 6.12. The molecule has 2 N–H and O–H groups in total. The molecule has 1 atom stereocenters. The van der Waals surface area contributed by atoms with E-state index in [1.54, 1.807) is 0 Å². The highest BCUT2D eigenvalue weighted by Gasteiger charge is 2.42. The number of carbonyl (C=O) groups is 2. The van der Waals surface area contributed by atoms with Crippen LogP contribution in [-0.2, 0) is 15.8 Å². The van der Waals surface area contributed by atoms with E-state index in [4.69, 9.17) is 0 Å². The number of hydrogen-bond acceptors (Lipinski definition) is 5. The number of carbonyl (C=O) groups excluding carboxylic acids is 2. The minimum absolute atomic E-state index is 0.00485. The van der Waals surface area contributed by atoms with Gasteiger partial charge in [0.15, 0.2) is 5.78 Å². The largest absolute Gasteiger partial charge is 0.416 e. The third-order valence-corrected chi connectivity index (χ3v) is 7.27. The van der Waals surface area contributed by atoms with Gasteiger partial charge >= 0.3 is 6.18 Å². The van der Waals surface area contributed by atoms with Crippen LogP contribution in [0.2, 0.25) is 0 Å². The van der Waals surface area contributed by atoms with E-state index in [0.29, 0.717) is 29.3 Å². The Morgan fingerprint density at radius 3 is 2.67 bits per heavy atom. The second-order valence-corrected chi connectivity index (χ2v) is 9.81. The third kappa shape index (κ3) is 5.19. The van der Waals surface area contributed by atoms with Crippen LogP contribution in [0.4, 0.5) is 18.9 Å². The molecule has 2 aliphatic rings. The molecule has 186 valence electrons. The molecule has 9 heteroatoms. The van der Waals surface area contributed by atoms with Gasteiger partial charge < -0.3 is 10.6 Å². The van der Waals surface area contributed by atoms with Gasteiger partial charge in [0.1, 0.15) is 0 Å². The molecule has 1 heterocycles. The van der Waals surface area contributed by atoms with Crippen LogP contribution in [-0.4, -0.2) is 17.4 Å². The van der Waals surface area contributed by atoms with Crippen molar-refractivity contribution in [1.82, 2.24) is 5.32 Å².